The minimum Gasteiger partial charge on any atom is -0.377 e. The van der Waals surface area contributed by atoms with Gasteiger partial charge in [0.15, 0.2) is 0 Å². The van der Waals surface area contributed by atoms with E-state index in [2.05, 4.69) is 10.4 Å². The first kappa shape index (κ1) is 13.1. The van der Waals surface area contributed by atoms with Crippen molar-refractivity contribution in [3.8, 4) is 0 Å². The summed E-state index contributed by atoms with van der Waals surface area (Å²) in [6.07, 6.45) is 2.46. The Kier molecular flexibility index (Phi) is 4.38. The van der Waals surface area contributed by atoms with Crippen LogP contribution in [0.15, 0.2) is 28.5 Å². The number of hydrogen-bond donors (Lipinski definition) is 1. The van der Waals surface area contributed by atoms with E-state index >= 15 is 0 Å². The zero-order chi connectivity index (χ0) is 13.0. The number of hydrogen-bond acceptors (Lipinski definition) is 4. The highest BCUT2D eigenvalue weighted by Crippen LogP contribution is 2.17. The van der Waals surface area contributed by atoms with Crippen LogP contribution in [0.5, 0.6) is 0 Å². The topological polar surface area (TPSA) is 46.9 Å². The van der Waals surface area contributed by atoms with Crippen LogP contribution in [0.2, 0.25) is 5.02 Å². The third kappa shape index (κ3) is 2.91. The van der Waals surface area contributed by atoms with Crippen LogP contribution in [-0.2, 0) is 13.1 Å². The van der Waals surface area contributed by atoms with Crippen molar-refractivity contribution in [2.75, 3.05) is 5.32 Å². The standard InChI is InChI=1S/C12H14ClN3OS/c1-2-5-16-12(17)11(13)10(8-15-16)14-7-9-4-3-6-18-9/h3-4,6,8,14H,2,5,7H2,1H3. The molecule has 0 aliphatic heterocycles. The number of aromatic nitrogens is 2. The molecule has 4 nitrogen and oxygen atoms in total. The molecule has 0 aromatic carbocycles. The van der Waals surface area contributed by atoms with E-state index in [9.17, 15) is 4.79 Å². The van der Waals surface area contributed by atoms with Gasteiger partial charge in [0.25, 0.3) is 5.56 Å². The van der Waals surface area contributed by atoms with Crippen molar-refractivity contribution in [2.45, 2.75) is 26.4 Å². The molecule has 0 aliphatic rings. The van der Waals surface area contributed by atoms with Gasteiger partial charge >= 0.3 is 0 Å². The Labute approximate surface area is 114 Å². The molecule has 0 atom stereocenters. The molecule has 2 aromatic rings. The molecular formula is C12H14ClN3OS. The second-order valence-corrected chi connectivity index (χ2v) is 5.24. The summed E-state index contributed by atoms with van der Waals surface area (Å²) in [5.41, 5.74) is 0.345. The Balaban J connectivity index is 2.14. The average molecular weight is 284 g/mol. The Hall–Kier alpha value is -1.33. The molecule has 0 saturated carbocycles. The Morgan fingerprint density at radius 1 is 1.56 bits per heavy atom. The summed E-state index contributed by atoms with van der Waals surface area (Å²) < 4.78 is 1.39. The van der Waals surface area contributed by atoms with Crippen LogP contribution in [0.3, 0.4) is 0 Å². The van der Waals surface area contributed by atoms with Gasteiger partial charge < -0.3 is 5.32 Å². The maximum atomic E-state index is 11.9. The average Bonchev–Trinajstić information content (AvgIpc) is 2.87. The van der Waals surface area contributed by atoms with Crippen molar-refractivity contribution in [1.29, 1.82) is 0 Å². The number of nitrogens with zero attached hydrogens (tertiary/aromatic N) is 2. The Morgan fingerprint density at radius 2 is 2.39 bits per heavy atom. The SMILES string of the molecule is CCCn1ncc(NCc2cccs2)c(Cl)c1=O. The molecule has 18 heavy (non-hydrogen) atoms. The Bertz CT molecular complexity index is 565. The molecule has 1 N–H and O–H groups in total. The first-order chi connectivity index (χ1) is 8.72. The summed E-state index contributed by atoms with van der Waals surface area (Å²) in [4.78, 5) is 13.1. The maximum absolute atomic E-state index is 11.9. The number of nitrogens with one attached hydrogen (secondary N) is 1. The highest BCUT2D eigenvalue weighted by atomic mass is 35.5. The van der Waals surface area contributed by atoms with Gasteiger partial charge in [-0.3, -0.25) is 4.79 Å². The molecule has 0 spiro atoms. The van der Waals surface area contributed by atoms with E-state index in [1.54, 1.807) is 17.5 Å². The summed E-state index contributed by atoms with van der Waals surface area (Å²) >= 11 is 7.70. The summed E-state index contributed by atoms with van der Waals surface area (Å²) in [6, 6.07) is 4.01. The lowest BCUT2D eigenvalue weighted by Crippen LogP contribution is -2.24. The van der Waals surface area contributed by atoms with Crippen molar-refractivity contribution in [3.05, 3.63) is 44.0 Å². The zero-order valence-electron chi connectivity index (χ0n) is 10.0. The van der Waals surface area contributed by atoms with Gasteiger partial charge in [-0.15, -0.1) is 11.3 Å². The third-order valence-corrected chi connectivity index (χ3v) is 3.70. The number of halogens is 1. The summed E-state index contributed by atoms with van der Waals surface area (Å²) in [5, 5.41) is 9.43. The molecule has 96 valence electrons. The summed E-state index contributed by atoms with van der Waals surface area (Å²) in [6.45, 7) is 3.23. The van der Waals surface area contributed by atoms with Crippen LogP contribution >= 0.6 is 22.9 Å². The molecule has 2 heterocycles. The monoisotopic (exact) mass is 283 g/mol. The molecule has 0 bridgehead atoms. The van der Waals surface area contributed by atoms with Gasteiger partial charge in [0.05, 0.1) is 11.9 Å². The van der Waals surface area contributed by atoms with Gasteiger partial charge in [0.1, 0.15) is 5.02 Å². The highest BCUT2D eigenvalue weighted by molar-refractivity contribution is 7.09. The van der Waals surface area contributed by atoms with Crippen LogP contribution in [0.4, 0.5) is 5.69 Å². The number of rotatable bonds is 5. The van der Waals surface area contributed by atoms with Crippen molar-refractivity contribution in [2.24, 2.45) is 0 Å². The van der Waals surface area contributed by atoms with E-state index < -0.39 is 0 Å². The molecular weight excluding hydrogens is 270 g/mol. The second-order valence-electron chi connectivity index (χ2n) is 3.83. The van der Waals surface area contributed by atoms with E-state index in [0.717, 1.165) is 6.42 Å². The van der Waals surface area contributed by atoms with Crippen molar-refractivity contribution < 1.29 is 0 Å². The van der Waals surface area contributed by atoms with E-state index in [1.807, 2.05) is 24.4 Å². The summed E-state index contributed by atoms with van der Waals surface area (Å²) in [5.74, 6) is 0. The fraction of sp³-hybridized carbons (Fsp3) is 0.333. The fourth-order valence-corrected chi connectivity index (χ4v) is 2.41. The first-order valence-corrected chi connectivity index (χ1v) is 7.00. The molecule has 0 aliphatic carbocycles. The van der Waals surface area contributed by atoms with Crippen molar-refractivity contribution in [3.63, 3.8) is 0 Å². The van der Waals surface area contributed by atoms with Crippen LogP contribution in [-0.4, -0.2) is 9.78 Å². The van der Waals surface area contributed by atoms with Gasteiger partial charge in [0.2, 0.25) is 0 Å². The molecule has 6 heteroatoms. The molecule has 0 amide bonds. The van der Waals surface area contributed by atoms with E-state index in [0.29, 0.717) is 18.8 Å². The van der Waals surface area contributed by atoms with Gasteiger partial charge in [-0.25, -0.2) is 4.68 Å². The van der Waals surface area contributed by atoms with E-state index in [-0.39, 0.29) is 10.6 Å². The van der Waals surface area contributed by atoms with Gasteiger partial charge in [-0.1, -0.05) is 24.6 Å². The molecule has 0 radical (unpaired) electrons. The minimum absolute atomic E-state index is 0.204. The smallest absolute Gasteiger partial charge is 0.287 e. The van der Waals surface area contributed by atoms with Crippen LogP contribution in [0.25, 0.3) is 0 Å². The predicted octanol–water partition coefficient (Wildman–Crippen LogP) is 2.98. The first-order valence-electron chi connectivity index (χ1n) is 5.74. The number of thiophene rings is 1. The lowest BCUT2D eigenvalue weighted by molar-refractivity contribution is 0.568. The van der Waals surface area contributed by atoms with Gasteiger partial charge in [0, 0.05) is 18.0 Å². The summed E-state index contributed by atoms with van der Waals surface area (Å²) in [7, 11) is 0. The van der Waals surface area contributed by atoms with E-state index in [1.165, 1.54) is 9.56 Å². The zero-order valence-corrected chi connectivity index (χ0v) is 11.6. The lowest BCUT2D eigenvalue weighted by Gasteiger charge is -2.08. The molecule has 2 aromatic heterocycles. The van der Waals surface area contributed by atoms with Gasteiger partial charge in [-0.2, -0.15) is 5.10 Å². The second kappa shape index (κ2) is 6.02. The predicted molar refractivity (Wildman–Crippen MR) is 75.4 cm³/mol. The quantitative estimate of drug-likeness (QED) is 0.918. The minimum atomic E-state index is -0.241. The molecule has 0 saturated heterocycles. The lowest BCUT2D eigenvalue weighted by atomic mass is 10.4. The van der Waals surface area contributed by atoms with Gasteiger partial charge in [-0.05, 0) is 17.9 Å². The van der Waals surface area contributed by atoms with E-state index in [4.69, 9.17) is 11.6 Å². The van der Waals surface area contributed by atoms with Crippen LogP contribution in [0, 0.1) is 0 Å². The number of aryl methyl sites for hydroxylation is 1. The molecule has 0 unspecified atom stereocenters. The van der Waals surface area contributed by atoms with Crippen molar-refractivity contribution >= 4 is 28.6 Å². The van der Waals surface area contributed by atoms with Crippen molar-refractivity contribution in [1.82, 2.24) is 9.78 Å². The normalized spacial score (nSPS) is 10.6. The maximum Gasteiger partial charge on any atom is 0.287 e. The molecule has 2 rings (SSSR count). The van der Waals surface area contributed by atoms with Crippen LogP contribution in [0.1, 0.15) is 18.2 Å². The largest absolute Gasteiger partial charge is 0.377 e. The molecule has 0 fully saturated rings. The third-order valence-electron chi connectivity index (χ3n) is 2.45. The highest BCUT2D eigenvalue weighted by Gasteiger charge is 2.08. The fourth-order valence-electron chi connectivity index (χ4n) is 1.55. The Morgan fingerprint density at radius 3 is 3.06 bits per heavy atom. The number of anilines is 1. The van der Waals surface area contributed by atoms with Crippen LogP contribution < -0.4 is 10.9 Å².